The minimum absolute atomic E-state index is 0.661. The van der Waals surface area contributed by atoms with E-state index in [-0.39, 0.29) is 0 Å². The summed E-state index contributed by atoms with van der Waals surface area (Å²) in [6.45, 7) is 0. The average molecular weight is 181 g/mol. The van der Waals surface area contributed by atoms with E-state index in [9.17, 15) is 0 Å². The molecule has 0 unspecified atom stereocenters. The van der Waals surface area contributed by atoms with Gasteiger partial charge in [0.1, 0.15) is 5.82 Å². The van der Waals surface area contributed by atoms with Crippen LogP contribution in [0.5, 0.6) is 0 Å². The molecule has 1 aromatic heterocycles. The zero-order valence-corrected chi connectivity index (χ0v) is 7.93. The van der Waals surface area contributed by atoms with Crippen LogP contribution in [-0.4, -0.2) is 29.1 Å². The first kappa shape index (κ1) is 8.93. The molecule has 0 atom stereocenters. The minimum Gasteiger partial charge on any atom is -0.355 e. The molecule has 0 aromatic carbocycles. The van der Waals surface area contributed by atoms with Gasteiger partial charge in [-0.3, -0.25) is 0 Å². The van der Waals surface area contributed by atoms with E-state index < -0.39 is 0 Å². The van der Waals surface area contributed by atoms with Crippen LogP contribution in [0.25, 0.3) is 0 Å². The summed E-state index contributed by atoms with van der Waals surface area (Å²) in [5, 5.41) is 3.65. The zero-order valence-electron chi connectivity index (χ0n) is 7.11. The highest BCUT2D eigenvalue weighted by atomic mass is 32.1. The van der Waals surface area contributed by atoms with Gasteiger partial charge >= 0.3 is 0 Å². The maximum absolute atomic E-state index is 5.03. The maximum atomic E-state index is 5.03. The predicted molar refractivity (Wildman–Crippen MR) is 54.1 cm³/mol. The lowest BCUT2D eigenvalue weighted by molar-refractivity contribution is 0.633. The number of anilines is 1. The number of nitrogens with one attached hydrogen (secondary N) is 1. The van der Waals surface area contributed by atoms with Gasteiger partial charge in [0.2, 0.25) is 0 Å². The Balaban J connectivity index is 2.59. The predicted octanol–water partition coefficient (Wildman–Crippen LogP) is 1.34. The van der Waals surface area contributed by atoms with Crippen LogP contribution in [0.4, 0.5) is 5.82 Å². The molecule has 0 saturated heterocycles. The monoisotopic (exact) mass is 181 g/mol. The van der Waals surface area contributed by atoms with Gasteiger partial charge in [0.25, 0.3) is 0 Å². The van der Waals surface area contributed by atoms with Gasteiger partial charge in [0, 0.05) is 20.3 Å². The van der Waals surface area contributed by atoms with E-state index in [0.29, 0.717) is 5.11 Å². The Labute approximate surface area is 77.4 Å². The maximum Gasteiger partial charge on any atom is 0.174 e. The van der Waals surface area contributed by atoms with Crippen molar-refractivity contribution in [2.75, 3.05) is 19.4 Å². The van der Waals surface area contributed by atoms with Crippen molar-refractivity contribution < 1.29 is 0 Å². The minimum atomic E-state index is 0.661. The van der Waals surface area contributed by atoms with Crippen LogP contribution in [0.2, 0.25) is 0 Å². The highest BCUT2D eigenvalue weighted by Crippen LogP contribution is 2.00. The molecule has 1 rings (SSSR count). The van der Waals surface area contributed by atoms with Crippen LogP contribution in [0.3, 0.4) is 0 Å². The molecule has 0 fully saturated rings. The van der Waals surface area contributed by atoms with Gasteiger partial charge in [-0.05, 0) is 24.4 Å². The van der Waals surface area contributed by atoms with E-state index in [2.05, 4.69) is 10.3 Å². The first-order valence-corrected chi connectivity index (χ1v) is 4.00. The van der Waals surface area contributed by atoms with E-state index >= 15 is 0 Å². The number of hydrogen-bond acceptors (Lipinski definition) is 2. The highest BCUT2D eigenvalue weighted by molar-refractivity contribution is 7.80. The molecule has 0 spiro atoms. The lowest BCUT2D eigenvalue weighted by Gasteiger charge is -2.14. The summed E-state index contributed by atoms with van der Waals surface area (Å²) in [5.74, 6) is 0.774. The quantitative estimate of drug-likeness (QED) is 0.662. The van der Waals surface area contributed by atoms with Crippen LogP contribution in [0.1, 0.15) is 0 Å². The van der Waals surface area contributed by atoms with Crippen LogP contribution in [0, 0.1) is 0 Å². The van der Waals surface area contributed by atoms with Gasteiger partial charge in [-0.1, -0.05) is 6.07 Å². The molecule has 64 valence electrons. The topological polar surface area (TPSA) is 28.2 Å². The summed E-state index contributed by atoms with van der Waals surface area (Å²) in [6.07, 6.45) is 1.72. The van der Waals surface area contributed by atoms with Gasteiger partial charge < -0.3 is 10.2 Å². The van der Waals surface area contributed by atoms with Crippen LogP contribution in [0.15, 0.2) is 24.4 Å². The summed E-state index contributed by atoms with van der Waals surface area (Å²) in [7, 11) is 3.77. The molecule has 0 aliphatic rings. The van der Waals surface area contributed by atoms with E-state index in [1.165, 1.54) is 0 Å². The number of rotatable bonds is 1. The van der Waals surface area contributed by atoms with Crippen molar-refractivity contribution >= 4 is 23.1 Å². The number of thiocarbonyl (C=S) groups is 1. The number of hydrogen-bond donors (Lipinski definition) is 1. The lowest BCUT2D eigenvalue weighted by Crippen LogP contribution is -2.27. The number of pyridine rings is 1. The van der Waals surface area contributed by atoms with Gasteiger partial charge in [-0.2, -0.15) is 0 Å². The third-order valence-corrected chi connectivity index (χ3v) is 1.77. The van der Waals surface area contributed by atoms with Crippen LogP contribution >= 0.6 is 12.2 Å². The van der Waals surface area contributed by atoms with Crippen molar-refractivity contribution in [2.24, 2.45) is 0 Å². The Kier molecular flexibility index (Phi) is 2.99. The van der Waals surface area contributed by atoms with Crippen molar-refractivity contribution in [3.8, 4) is 0 Å². The first-order chi connectivity index (χ1) is 5.70. The van der Waals surface area contributed by atoms with E-state index in [1.807, 2.05) is 37.2 Å². The first-order valence-electron chi connectivity index (χ1n) is 3.59. The second-order valence-electron chi connectivity index (χ2n) is 2.54. The fraction of sp³-hybridized carbons (Fsp3) is 0.250. The summed E-state index contributed by atoms with van der Waals surface area (Å²) < 4.78 is 0. The summed E-state index contributed by atoms with van der Waals surface area (Å²) in [5.41, 5.74) is 0. The second kappa shape index (κ2) is 4.01. The molecular formula is C8H11N3S. The molecule has 1 heterocycles. The van der Waals surface area contributed by atoms with Gasteiger partial charge in [-0.25, -0.2) is 4.98 Å². The van der Waals surface area contributed by atoms with Crippen LogP contribution in [-0.2, 0) is 0 Å². The summed E-state index contributed by atoms with van der Waals surface area (Å²) in [6, 6.07) is 5.65. The Morgan fingerprint density at radius 3 is 2.75 bits per heavy atom. The fourth-order valence-electron chi connectivity index (χ4n) is 0.658. The molecule has 0 aliphatic heterocycles. The van der Waals surface area contributed by atoms with Crippen molar-refractivity contribution in [1.29, 1.82) is 0 Å². The molecule has 0 aliphatic carbocycles. The molecule has 0 saturated carbocycles. The van der Waals surface area contributed by atoms with Crippen molar-refractivity contribution in [2.45, 2.75) is 0 Å². The standard InChI is InChI=1S/C8H11N3S/c1-11(2)8(12)10-7-5-3-4-6-9-7/h3-6H,1-2H3,(H,9,10,12). The fourth-order valence-corrected chi connectivity index (χ4v) is 0.763. The Morgan fingerprint density at radius 2 is 2.25 bits per heavy atom. The molecule has 1 aromatic rings. The van der Waals surface area contributed by atoms with Gasteiger partial charge in [0.15, 0.2) is 5.11 Å². The second-order valence-corrected chi connectivity index (χ2v) is 2.93. The van der Waals surface area contributed by atoms with Gasteiger partial charge in [-0.15, -0.1) is 0 Å². The average Bonchev–Trinajstić information content (AvgIpc) is 2.06. The molecule has 1 N–H and O–H groups in total. The van der Waals surface area contributed by atoms with E-state index in [4.69, 9.17) is 12.2 Å². The number of nitrogens with zero attached hydrogens (tertiary/aromatic N) is 2. The summed E-state index contributed by atoms with van der Waals surface area (Å²) >= 11 is 5.03. The van der Waals surface area contributed by atoms with Crippen LogP contribution < -0.4 is 5.32 Å². The molecular weight excluding hydrogens is 170 g/mol. The number of aromatic nitrogens is 1. The third kappa shape index (κ3) is 2.47. The normalized spacial score (nSPS) is 9.17. The Bertz CT molecular complexity index is 258. The molecule has 4 heteroatoms. The smallest absolute Gasteiger partial charge is 0.174 e. The largest absolute Gasteiger partial charge is 0.355 e. The van der Waals surface area contributed by atoms with E-state index in [1.54, 1.807) is 6.20 Å². The van der Waals surface area contributed by atoms with Crippen molar-refractivity contribution in [3.63, 3.8) is 0 Å². The molecule has 0 radical (unpaired) electrons. The SMILES string of the molecule is CN(C)C(=S)Nc1ccccn1. The Hall–Kier alpha value is -1.16. The Morgan fingerprint density at radius 1 is 1.50 bits per heavy atom. The molecule has 0 bridgehead atoms. The van der Waals surface area contributed by atoms with Gasteiger partial charge in [0.05, 0.1) is 0 Å². The zero-order chi connectivity index (χ0) is 8.97. The molecule has 3 nitrogen and oxygen atoms in total. The summed E-state index contributed by atoms with van der Waals surface area (Å²) in [4.78, 5) is 5.90. The van der Waals surface area contributed by atoms with E-state index in [0.717, 1.165) is 5.82 Å². The molecule has 0 amide bonds. The highest BCUT2D eigenvalue weighted by Gasteiger charge is 1.98. The van der Waals surface area contributed by atoms with Crippen molar-refractivity contribution in [1.82, 2.24) is 9.88 Å². The third-order valence-electron chi connectivity index (χ3n) is 1.31. The molecule has 12 heavy (non-hydrogen) atoms. The lowest BCUT2D eigenvalue weighted by atomic mass is 10.5. The van der Waals surface area contributed by atoms with Crippen molar-refractivity contribution in [3.05, 3.63) is 24.4 Å².